The topological polar surface area (TPSA) is 78.5 Å². The van der Waals surface area contributed by atoms with Crippen molar-refractivity contribution < 1.29 is 14.4 Å². The van der Waals surface area contributed by atoms with E-state index in [1.165, 1.54) is 4.90 Å². The molecule has 7 heteroatoms. The van der Waals surface area contributed by atoms with Gasteiger partial charge in [0.1, 0.15) is 6.04 Å². The molecule has 4 amide bonds. The van der Waals surface area contributed by atoms with Crippen LogP contribution in [0.1, 0.15) is 24.0 Å². The SMILES string of the molecule is O=C(CC[C@H]1NC(=O)N(Cc2ccccc2)C1=O)NCCc1ccc(Cl)cc1. The molecule has 0 aliphatic carbocycles. The average Bonchev–Trinajstić information content (AvgIpc) is 2.96. The van der Waals surface area contributed by atoms with Crippen LogP contribution in [0.4, 0.5) is 4.79 Å². The lowest BCUT2D eigenvalue weighted by molar-refractivity contribution is -0.128. The Morgan fingerprint density at radius 3 is 2.46 bits per heavy atom. The number of nitrogens with zero attached hydrogens (tertiary/aromatic N) is 1. The molecule has 0 radical (unpaired) electrons. The second kappa shape index (κ2) is 9.37. The van der Waals surface area contributed by atoms with E-state index in [0.717, 1.165) is 11.1 Å². The van der Waals surface area contributed by atoms with Gasteiger partial charge in [0.25, 0.3) is 5.91 Å². The van der Waals surface area contributed by atoms with Crippen molar-refractivity contribution in [3.8, 4) is 0 Å². The van der Waals surface area contributed by atoms with Crippen LogP contribution in [0, 0.1) is 0 Å². The Morgan fingerprint density at radius 2 is 1.75 bits per heavy atom. The van der Waals surface area contributed by atoms with Crippen LogP contribution in [-0.4, -0.2) is 35.3 Å². The van der Waals surface area contributed by atoms with Gasteiger partial charge < -0.3 is 10.6 Å². The summed E-state index contributed by atoms with van der Waals surface area (Å²) < 4.78 is 0. The Kier molecular flexibility index (Phi) is 6.66. The standard InChI is InChI=1S/C21H22ClN3O3/c22-17-8-6-15(7-9-17)12-13-23-19(26)11-10-18-20(27)25(21(28)24-18)14-16-4-2-1-3-5-16/h1-9,18H,10-14H2,(H,23,26)(H,24,28)/t18-/m1/s1. The second-order valence-corrected chi connectivity index (χ2v) is 7.11. The summed E-state index contributed by atoms with van der Waals surface area (Å²) in [5.74, 6) is -0.430. The highest BCUT2D eigenvalue weighted by Crippen LogP contribution is 2.15. The van der Waals surface area contributed by atoms with Crippen LogP contribution >= 0.6 is 11.6 Å². The lowest BCUT2D eigenvalue weighted by Gasteiger charge is -2.13. The first-order chi connectivity index (χ1) is 13.5. The molecule has 0 unspecified atom stereocenters. The fraction of sp³-hybridized carbons (Fsp3) is 0.286. The molecule has 1 fully saturated rings. The lowest BCUT2D eigenvalue weighted by atomic mass is 10.1. The van der Waals surface area contributed by atoms with Crippen LogP contribution in [0.3, 0.4) is 0 Å². The zero-order valence-corrected chi connectivity index (χ0v) is 16.1. The number of nitrogens with one attached hydrogen (secondary N) is 2. The molecule has 2 N–H and O–H groups in total. The fourth-order valence-corrected chi connectivity index (χ4v) is 3.18. The Hall–Kier alpha value is -2.86. The first kappa shape index (κ1) is 19.9. The minimum Gasteiger partial charge on any atom is -0.356 e. The molecule has 0 spiro atoms. The van der Waals surface area contributed by atoms with Crippen molar-refractivity contribution in [3.05, 3.63) is 70.7 Å². The number of hydrogen-bond acceptors (Lipinski definition) is 3. The number of benzene rings is 2. The Morgan fingerprint density at radius 1 is 1.04 bits per heavy atom. The molecule has 2 aromatic rings. The zero-order chi connectivity index (χ0) is 19.9. The van der Waals surface area contributed by atoms with Gasteiger partial charge in [0, 0.05) is 18.0 Å². The van der Waals surface area contributed by atoms with Crippen molar-refractivity contribution in [2.24, 2.45) is 0 Å². The number of halogens is 1. The van der Waals surface area contributed by atoms with Crippen LogP contribution in [0.5, 0.6) is 0 Å². The van der Waals surface area contributed by atoms with E-state index in [0.29, 0.717) is 18.0 Å². The third kappa shape index (κ3) is 5.33. The van der Waals surface area contributed by atoms with Crippen LogP contribution < -0.4 is 10.6 Å². The number of rotatable bonds is 8. The van der Waals surface area contributed by atoms with Gasteiger partial charge in [-0.3, -0.25) is 14.5 Å². The highest BCUT2D eigenvalue weighted by molar-refractivity contribution is 6.30. The van der Waals surface area contributed by atoms with E-state index in [1.807, 2.05) is 54.6 Å². The van der Waals surface area contributed by atoms with E-state index in [4.69, 9.17) is 11.6 Å². The monoisotopic (exact) mass is 399 g/mol. The molecule has 146 valence electrons. The molecule has 2 aromatic carbocycles. The van der Waals surface area contributed by atoms with Gasteiger partial charge in [-0.1, -0.05) is 54.1 Å². The van der Waals surface area contributed by atoms with E-state index < -0.39 is 12.1 Å². The third-order valence-corrected chi connectivity index (χ3v) is 4.85. The summed E-state index contributed by atoms with van der Waals surface area (Å²) in [5, 5.41) is 6.18. The molecule has 0 saturated carbocycles. The maximum absolute atomic E-state index is 12.5. The number of hydrogen-bond donors (Lipinski definition) is 2. The van der Waals surface area contributed by atoms with Crippen LogP contribution in [-0.2, 0) is 22.6 Å². The fourth-order valence-electron chi connectivity index (χ4n) is 3.05. The summed E-state index contributed by atoms with van der Waals surface area (Å²) in [7, 11) is 0. The minimum atomic E-state index is -0.654. The van der Waals surface area contributed by atoms with E-state index in [1.54, 1.807) is 0 Å². The van der Waals surface area contributed by atoms with E-state index in [-0.39, 0.29) is 31.2 Å². The van der Waals surface area contributed by atoms with E-state index in [9.17, 15) is 14.4 Å². The summed E-state index contributed by atoms with van der Waals surface area (Å²) in [6.07, 6.45) is 1.16. The van der Waals surface area contributed by atoms with E-state index in [2.05, 4.69) is 10.6 Å². The molecule has 0 bridgehead atoms. The number of amides is 4. The molecule has 6 nitrogen and oxygen atoms in total. The van der Waals surface area contributed by atoms with Gasteiger partial charge in [0.05, 0.1) is 6.54 Å². The number of carbonyl (C=O) groups excluding carboxylic acids is 3. The Bertz CT molecular complexity index is 840. The quantitative estimate of drug-likeness (QED) is 0.670. The molecule has 3 rings (SSSR count). The Balaban J connectivity index is 1.41. The van der Waals surface area contributed by atoms with Crippen molar-refractivity contribution >= 4 is 29.4 Å². The molecule has 0 aromatic heterocycles. The van der Waals surface area contributed by atoms with Gasteiger partial charge in [0.15, 0.2) is 0 Å². The second-order valence-electron chi connectivity index (χ2n) is 6.68. The van der Waals surface area contributed by atoms with Crippen molar-refractivity contribution in [1.82, 2.24) is 15.5 Å². The van der Waals surface area contributed by atoms with Gasteiger partial charge in [0.2, 0.25) is 5.91 Å². The summed E-state index contributed by atoms with van der Waals surface area (Å²) in [6, 6.07) is 15.7. The largest absolute Gasteiger partial charge is 0.356 e. The van der Waals surface area contributed by atoms with Crippen LogP contribution in [0.25, 0.3) is 0 Å². The van der Waals surface area contributed by atoms with Crippen LogP contribution in [0.15, 0.2) is 54.6 Å². The summed E-state index contributed by atoms with van der Waals surface area (Å²) in [5.41, 5.74) is 1.96. The smallest absolute Gasteiger partial charge is 0.325 e. The van der Waals surface area contributed by atoms with Gasteiger partial charge in [-0.05, 0) is 36.1 Å². The molecule has 1 heterocycles. The number of carbonyl (C=O) groups is 3. The molecule has 28 heavy (non-hydrogen) atoms. The summed E-state index contributed by atoms with van der Waals surface area (Å²) in [6.45, 7) is 0.737. The Labute approximate surface area is 168 Å². The predicted molar refractivity (Wildman–Crippen MR) is 107 cm³/mol. The van der Waals surface area contributed by atoms with Gasteiger partial charge in [-0.25, -0.2) is 4.79 Å². The minimum absolute atomic E-state index is 0.141. The normalized spacial score (nSPS) is 16.2. The van der Waals surface area contributed by atoms with Crippen molar-refractivity contribution in [1.29, 1.82) is 0 Å². The van der Waals surface area contributed by atoms with Crippen molar-refractivity contribution in [2.75, 3.05) is 6.54 Å². The molecule has 1 aliphatic rings. The number of imide groups is 1. The first-order valence-corrected chi connectivity index (χ1v) is 9.57. The molecule has 1 saturated heterocycles. The summed E-state index contributed by atoms with van der Waals surface area (Å²) in [4.78, 5) is 37.8. The average molecular weight is 400 g/mol. The molecular formula is C21H22ClN3O3. The maximum Gasteiger partial charge on any atom is 0.325 e. The molecule has 1 aliphatic heterocycles. The predicted octanol–water partition coefficient (Wildman–Crippen LogP) is 2.90. The number of urea groups is 1. The lowest BCUT2D eigenvalue weighted by Crippen LogP contribution is -2.33. The van der Waals surface area contributed by atoms with E-state index >= 15 is 0 Å². The molecule has 1 atom stereocenters. The van der Waals surface area contributed by atoms with Crippen LogP contribution in [0.2, 0.25) is 5.02 Å². The zero-order valence-electron chi connectivity index (χ0n) is 15.4. The molecular weight excluding hydrogens is 378 g/mol. The van der Waals surface area contributed by atoms with Crippen molar-refractivity contribution in [2.45, 2.75) is 31.8 Å². The first-order valence-electron chi connectivity index (χ1n) is 9.20. The van der Waals surface area contributed by atoms with Gasteiger partial charge >= 0.3 is 6.03 Å². The van der Waals surface area contributed by atoms with Gasteiger partial charge in [-0.2, -0.15) is 0 Å². The summed E-state index contributed by atoms with van der Waals surface area (Å²) >= 11 is 5.85. The highest BCUT2D eigenvalue weighted by atomic mass is 35.5. The van der Waals surface area contributed by atoms with Crippen molar-refractivity contribution in [3.63, 3.8) is 0 Å². The highest BCUT2D eigenvalue weighted by Gasteiger charge is 2.37. The van der Waals surface area contributed by atoms with Gasteiger partial charge in [-0.15, -0.1) is 0 Å². The maximum atomic E-state index is 12.5. The third-order valence-electron chi connectivity index (χ3n) is 4.60.